The van der Waals surface area contributed by atoms with Crippen molar-refractivity contribution >= 4 is 28.7 Å². The predicted octanol–water partition coefficient (Wildman–Crippen LogP) is 4.68. The number of nitrogen functional groups attached to an aromatic ring is 1. The van der Waals surface area contributed by atoms with Crippen LogP contribution >= 0.6 is 11.6 Å². The average molecular weight is 287 g/mol. The summed E-state index contributed by atoms with van der Waals surface area (Å²) in [6, 6.07) is 10.4. The van der Waals surface area contributed by atoms with E-state index < -0.39 is 11.7 Å². The van der Waals surface area contributed by atoms with Gasteiger partial charge >= 0.3 is 6.18 Å². The maximum atomic E-state index is 12.7. The first kappa shape index (κ1) is 13.5. The van der Waals surface area contributed by atoms with Gasteiger partial charge in [-0.1, -0.05) is 17.7 Å². The Morgan fingerprint density at radius 3 is 2.32 bits per heavy atom. The molecule has 0 amide bonds. The van der Waals surface area contributed by atoms with Crippen molar-refractivity contribution in [2.75, 3.05) is 11.1 Å². The van der Waals surface area contributed by atoms with E-state index in [0.717, 1.165) is 6.07 Å². The van der Waals surface area contributed by atoms with E-state index in [0.29, 0.717) is 16.4 Å². The summed E-state index contributed by atoms with van der Waals surface area (Å²) in [7, 11) is 0. The summed E-state index contributed by atoms with van der Waals surface area (Å²) in [5.41, 5.74) is 5.06. The standard InChI is InChI=1S/C13H10ClF3N2/c14-8-2-1-3-9(6-8)19-10-4-5-12(18)11(7-10)13(15,16)17/h1-7,19H,18H2. The van der Waals surface area contributed by atoms with Crippen molar-refractivity contribution < 1.29 is 13.2 Å². The van der Waals surface area contributed by atoms with Crippen LogP contribution in [0.15, 0.2) is 42.5 Å². The summed E-state index contributed by atoms with van der Waals surface area (Å²) in [6.07, 6.45) is -4.48. The zero-order chi connectivity index (χ0) is 14.0. The summed E-state index contributed by atoms with van der Waals surface area (Å²) in [5, 5.41) is 3.34. The smallest absolute Gasteiger partial charge is 0.398 e. The number of anilines is 3. The summed E-state index contributed by atoms with van der Waals surface area (Å²) in [4.78, 5) is 0. The lowest BCUT2D eigenvalue weighted by molar-refractivity contribution is -0.136. The normalized spacial score (nSPS) is 11.4. The zero-order valence-corrected chi connectivity index (χ0v) is 10.4. The SMILES string of the molecule is Nc1ccc(Nc2cccc(Cl)c2)cc1C(F)(F)F. The van der Waals surface area contributed by atoms with E-state index in [4.69, 9.17) is 17.3 Å². The molecule has 2 nitrogen and oxygen atoms in total. The molecular formula is C13H10ClF3N2. The van der Waals surface area contributed by atoms with Gasteiger partial charge < -0.3 is 11.1 Å². The third kappa shape index (κ3) is 3.32. The number of rotatable bonds is 2. The third-order valence-corrected chi connectivity index (χ3v) is 2.71. The largest absolute Gasteiger partial charge is 0.418 e. The highest BCUT2D eigenvalue weighted by Gasteiger charge is 2.33. The number of nitrogens with two attached hydrogens (primary N) is 1. The van der Waals surface area contributed by atoms with Gasteiger partial charge in [-0.25, -0.2) is 0 Å². The van der Waals surface area contributed by atoms with E-state index in [2.05, 4.69) is 5.32 Å². The molecule has 0 unspecified atom stereocenters. The van der Waals surface area contributed by atoms with Gasteiger partial charge in [-0.2, -0.15) is 13.2 Å². The number of nitrogens with one attached hydrogen (secondary N) is 1. The molecule has 2 aromatic rings. The van der Waals surface area contributed by atoms with Crippen LogP contribution < -0.4 is 11.1 Å². The molecule has 19 heavy (non-hydrogen) atoms. The Balaban J connectivity index is 2.32. The minimum atomic E-state index is -4.48. The second-order valence-corrected chi connectivity index (χ2v) is 4.37. The predicted molar refractivity (Wildman–Crippen MR) is 70.6 cm³/mol. The van der Waals surface area contributed by atoms with E-state index in [9.17, 15) is 13.2 Å². The number of alkyl halides is 3. The molecule has 0 aliphatic rings. The first-order valence-corrected chi connectivity index (χ1v) is 5.73. The summed E-state index contributed by atoms with van der Waals surface area (Å²) in [6.45, 7) is 0. The molecule has 0 fully saturated rings. The zero-order valence-electron chi connectivity index (χ0n) is 9.63. The van der Waals surface area contributed by atoms with Crippen LogP contribution in [0.4, 0.5) is 30.2 Å². The van der Waals surface area contributed by atoms with Gasteiger partial charge in [0.05, 0.1) is 5.56 Å². The van der Waals surface area contributed by atoms with Gasteiger partial charge in [0.15, 0.2) is 0 Å². The minimum Gasteiger partial charge on any atom is -0.398 e. The van der Waals surface area contributed by atoms with Crippen LogP contribution in [0.2, 0.25) is 5.02 Å². The van der Waals surface area contributed by atoms with Gasteiger partial charge in [0, 0.05) is 22.1 Å². The molecule has 0 radical (unpaired) electrons. The van der Waals surface area contributed by atoms with Gasteiger partial charge in [-0.3, -0.25) is 0 Å². The van der Waals surface area contributed by atoms with Crippen molar-refractivity contribution in [2.45, 2.75) is 6.18 Å². The van der Waals surface area contributed by atoms with E-state index in [1.165, 1.54) is 12.1 Å². The number of halogens is 4. The van der Waals surface area contributed by atoms with Crippen LogP contribution in [0.1, 0.15) is 5.56 Å². The molecule has 100 valence electrons. The Hall–Kier alpha value is -1.88. The van der Waals surface area contributed by atoms with Crippen LogP contribution in [0.5, 0.6) is 0 Å². The second kappa shape index (κ2) is 5.01. The molecule has 0 saturated heterocycles. The molecule has 0 aliphatic heterocycles. The Bertz CT molecular complexity index is 597. The van der Waals surface area contributed by atoms with Crippen molar-refractivity contribution in [2.24, 2.45) is 0 Å². The topological polar surface area (TPSA) is 38.0 Å². The van der Waals surface area contributed by atoms with Crippen LogP contribution in [-0.4, -0.2) is 0 Å². The molecule has 0 aliphatic carbocycles. The van der Waals surface area contributed by atoms with Gasteiger partial charge in [-0.05, 0) is 36.4 Å². The fourth-order valence-corrected chi connectivity index (χ4v) is 1.80. The van der Waals surface area contributed by atoms with Gasteiger partial charge in [0.1, 0.15) is 0 Å². The highest BCUT2D eigenvalue weighted by atomic mass is 35.5. The number of hydrogen-bond acceptors (Lipinski definition) is 2. The van der Waals surface area contributed by atoms with Crippen molar-refractivity contribution in [3.8, 4) is 0 Å². The Morgan fingerprint density at radius 1 is 1.00 bits per heavy atom. The van der Waals surface area contributed by atoms with Crippen molar-refractivity contribution in [1.29, 1.82) is 0 Å². The minimum absolute atomic E-state index is 0.295. The van der Waals surface area contributed by atoms with Crippen molar-refractivity contribution in [3.05, 3.63) is 53.1 Å². The molecule has 0 spiro atoms. The monoisotopic (exact) mass is 286 g/mol. The van der Waals surface area contributed by atoms with Crippen LogP contribution in [0.25, 0.3) is 0 Å². The Labute approximate surface area is 113 Å². The van der Waals surface area contributed by atoms with Crippen LogP contribution in [-0.2, 0) is 6.18 Å². The highest BCUT2D eigenvalue weighted by Crippen LogP contribution is 2.35. The highest BCUT2D eigenvalue weighted by molar-refractivity contribution is 6.30. The molecule has 2 rings (SSSR count). The molecule has 0 aromatic heterocycles. The van der Waals surface area contributed by atoms with Gasteiger partial charge in [0.25, 0.3) is 0 Å². The second-order valence-electron chi connectivity index (χ2n) is 3.94. The molecular weight excluding hydrogens is 277 g/mol. The lowest BCUT2D eigenvalue weighted by atomic mass is 10.1. The Morgan fingerprint density at radius 2 is 1.68 bits per heavy atom. The fourth-order valence-electron chi connectivity index (χ4n) is 1.61. The molecule has 3 N–H and O–H groups in total. The number of benzene rings is 2. The first-order valence-electron chi connectivity index (χ1n) is 5.35. The van der Waals surface area contributed by atoms with Crippen LogP contribution in [0.3, 0.4) is 0 Å². The quantitative estimate of drug-likeness (QED) is 0.786. The van der Waals surface area contributed by atoms with E-state index in [1.54, 1.807) is 24.3 Å². The van der Waals surface area contributed by atoms with Gasteiger partial charge in [-0.15, -0.1) is 0 Å². The lowest BCUT2D eigenvalue weighted by Crippen LogP contribution is -2.09. The van der Waals surface area contributed by atoms with Crippen LogP contribution in [0, 0.1) is 0 Å². The summed E-state index contributed by atoms with van der Waals surface area (Å²) in [5.74, 6) is 0. The van der Waals surface area contributed by atoms with Gasteiger partial charge in [0.2, 0.25) is 0 Å². The maximum absolute atomic E-state index is 12.7. The molecule has 2 aromatic carbocycles. The van der Waals surface area contributed by atoms with E-state index >= 15 is 0 Å². The maximum Gasteiger partial charge on any atom is 0.418 e. The molecule has 6 heteroatoms. The molecule has 0 saturated carbocycles. The molecule has 0 atom stereocenters. The lowest BCUT2D eigenvalue weighted by Gasteiger charge is -2.13. The first-order chi connectivity index (χ1) is 8.86. The third-order valence-electron chi connectivity index (χ3n) is 2.47. The fraction of sp³-hybridized carbons (Fsp3) is 0.0769. The summed E-state index contributed by atoms with van der Waals surface area (Å²) >= 11 is 5.80. The molecule has 0 heterocycles. The Kier molecular flexibility index (Phi) is 3.57. The molecule has 0 bridgehead atoms. The van der Waals surface area contributed by atoms with E-state index in [-0.39, 0.29) is 5.69 Å². The van der Waals surface area contributed by atoms with Crippen molar-refractivity contribution in [1.82, 2.24) is 0 Å². The summed E-state index contributed by atoms with van der Waals surface area (Å²) < 4.78 is 38.1. The average Bonchev–Trinajstić information content (AvgIpc) is 2.30. The van der Waals surface area contributed by atoms with E-state index in [1.807, 2.05) is 0 Å². The number of hydrogen-bond donors (Lipinski definition) is 2. The van der Waals surface area contributed by atoms with Crippen molar-refractivity contribution in [3.63, 3.8) is 0 Å².